The van der Waals surface area contributed by atoms with Crippen LogP contribution in [0.2, 0.25) is 5.02 Å². The van der Waals surface area contributed by atoms with Crippen molar-refractivity contribution in [1.82, 2.24) is 0 Å². The molecular weight excluding hydrogens is 333 g/mol. The molecule has 0 spiro atoms. The summed E-state index contributed by atoms with van der Waals surface area (Å²) in [7, 11) is 0. The summed E-state index contributed by atoms with van der Waals surface area (Å²) in [6.45, 7) is 3.69. The zero-order valence-corrected chi connectivity index (χ0v) is 14.0. The highest BCUT2D eigenvalue weighted by molar-refractivity contribution is 6.32. The van der Waals surface area contributed by atoms with E-state index in [0.29, 0.717) is 11.3 Å². The average molecular weight is 348 g/mol. The summed E-state index contributed by atoms with van der Waals surface area (Å²) in [5, 5.41) is 9.07. The highest BCUT2D eigenvalue weighted by Gasteiger charge is 2.18. The molecule has 0 radical (unpaired) electrons. The summed E-state index contributed by atoms with van der Waals surface area (Å²) in [5.74, 6) is -1.16. The van der Waals surface area contributed by atoms with Gasteiger partial charge in [0.25, 0.3) is 0 Å². The van der Waals surface area contributed by atoms with E-state index in [0.717, 1.165) is 5.56 Å². The lowest BCUT2D eigenvalue weighted by Gasteiger charge is -2.12. The first-order chi connectivity index (χ1) is 11.4. The van der Waals surface area contributed by atoms with Gasteiger partial charge in [0.1, 0.15) is 5.75 Å². The number of ether oxygens (including phenoxy) is 2. The smallest absolute Gasteiger partial charge is 0.310 e. The van der Waals surface area contributed by atoms with Gasteiger partial charge in [0.05, 0.1) is 29.7 Å². The molecule has 0 aliphatic carbocycles. The molecule has 2 rings (SSSR count). The number of carbonyl (C=O) groups is 1. The molecule has 0 amide bonds. The predicted octanol–water partition coefficient (Wildman–Crippen LogP) is 4.56. The van der Waals surface area contributed by atoms with Crippen LogP contribution in [0.4, 0.5) is 4.39 Å². The molecule has 0 unspecified atom stereocenters. The second kappa shape index (κ2) is 7.80. The number of benzene rings is 2. The summed E-state index contributed by atoms with van der Waals surface area (Å²) >= 11 is 6.02. The van der Waals surface area contributed by atoms with Crippen LogP contribution in [0.1, 0.15) is 23.6 Å². The van der Waals surface area contributed by atoms with E-state index >= 15 is 0 Å². The number of halogens is 2. The Bertz CT molecular complexity index is 815. The number of nitrogens with zero attached hydrogens (tertiary/aromatic N) is 1. The van der Waals surface area contributed by atoms with Gasteiger partial charge in [-0.25, -0.2) is 4.39 Å². The standard InChI is InChI=1S/C18H15ClFNO3/c1-3-23-16(22)9-13-4-5-15(19)18(17(13)20)24-14-7-11(2)6-12(8-14)10-21/h4-8H,3,9H2,1-2H3. The van der Waals surface area contributed by atoms with Crippen LogP contribution < -0.4 is 4.74 Å². The zero-order valence-electron chi connectivity index (χ0n) is 13.2. The molecule has 0 bridgehead atoms. The van der Waals surface area contributed by atoms with Crippen molar-refractivity contribution in [3.8, 4) is 17.6 Å². The van der Waals surface area contributed by atoms with Crippen molar-refractivity contribution in [2.45, 2.75) is 20.3 Å². The molecule has 0 heterocycles. The van der Waals surface area contributed by atoms with Crippen molar-refractivity contribution in [1.29, 1.82) is 5.26 Å². The number of aryl methyl sites for hydroxylation is 1. The van der Waals surface area contributed by atoms with E-state index in [4.69, 9.17) is 26.3 Å². The molecule has 2 aromatic carbocycles. The summed E-state index contributed by atoms with van der Waals surface area (Å²) in [5.41, 5.74) is 1.31. The molecule has 6 heteroatoms. The molecule has 24 heavy (non-hydrogen) atoms. The Kier molecular flexibility index (Phi) is 5.78. The first-order valence-electron chi connectivity index (χ1n) is 7.26. The summed E-state index contributed by atoms with van der Waals surface area (Å²) < 4.78 is 25.0. The van der Waals surface area contributed by atoms with Gasteiger partial charge in [0.15, 0.2) is 11.6 Å². The number of nitriles is 1. The van der Waals surface area contributed by atoms with Crippen LogP contribution in [-0.2, 0) is 16.0 Å². The topological polar surface area (TPSA) is 59.3 Å². The first kappa shape index (κ1) is 17.8. The van der Waals surface area contributed by atoms with Crippen LogP contribution in [0.3, 0.4) is 0 Å². The Hall–Kier alpha value is -2.58. The Labute approximate surface area is 144 Å². The molecule has 0 N–H and O–H groups in total. The van der Waals surface area contributed by atoms with Crippen molar-refractivity contribution >= 4 is 17.6 Å². The van der Waals surface area contributed by atoms with Gasteiger partial charge in [-0.15, -0.1) is 0 Å². The lowest BCUT2D eigenvalue weighted by molar-refractivity contribution is -0.142. The molecule has 2 aromatic rings. The van der Waals surface area contributed by atoms with E-state index in [-0.39, 0.29) is 29.4 Å². The van der Waals surface area contributed by atoms with Gasteiger partial charge in [0.2, 0.25) is 0 Å². The Morgan fingerprint density at radius 1 is 1.33 bits per heavy atom. The van der Waals surface area contributed by atoms with Crippen molar-refractivity contribution in [2.24, 2.45) is 0 Å². The summed E-state index contributed by atoms with van der Waals surface area (Å²) in [6, 6.07) is 9.71. The third-order valence-electron chi connectivity index (χ3n) is 3.17. The minimum atomic E-state index is -0.726. The maximum absolute atomic E-state index is 14.6. The van der Waals surface area contributed by atoms with E-state index in [1.54, 1.807) is 26.0 Å². The number of hydrogen-bond acceptors (Lipinski definition) is 4. The maximum Gasteiger partial charge on any atom is 0.310 e. The third-order valence-corrected chi connectivity index (χ3v) is 3.47. The van der Waals surface area contributed by atoms with Gasteiger partial charge in [-0.05, 0) is 43.7 Å². The van der Waals surface area contributed by atoms with Gasteiger partial charge < -0.3 is 9.47 Å². The minimum absolute atomic E-state index is 0.0696. The second-order valence-corrected chi connectivity index (χ2v) is 5.49. The van der Waals surface area contributed by atoms with E-state index in [1.807, 2.05) is 6.07 Å². The fourth-order valence-corrected chi connectivity index (χ4v) is 2.34. The van der Waals surface area contributed by atoms with Crippen LogP contribution >= 0.6 is 11.6 Å². The van der Waals surface area contributed by atoms with Gasteiger partial charge in [-0.1, -0.05) is 17.7 Å². The summed E-state index contributed by atoms with van der Waals surface area (Å²) in [4.78, 5) is 11.5. The van der Waals surface area contributed by atoms with Crippen LogP contribution in [0.25, 0.3) is 0 Å². The van der Waals surface area contributed by atoms with E-state index in [2.05, 4.69) is 0 Å². The highest BCUT2D eigenvalue weighted by atomic mass is 35.5. The molecule has 0 aliphatic rings. The highest BCUT2D eigenvalue weighted by Crippen LogP contribution is 2.34. The van der Waals surface area contributed by atoms with Crippen molar-refractivity contribution in [3.05, 3.63) is 57.9 Å². The van der Waals surface area contributed by atoms with E-state index < -0.39 is 11.8 Å². The number of hydrogen-bond donors (Lipinski definition) is 0. The molecule has 0 saturated heterocycles. The normalized spacial score (nSPS) is 10.1. The van der Waals surface area contributed by atoms with Crippen molar-refractivity contribution in [2.75, 3.05) is 6.61 Å². The Morgan fingerprint density at radius 3 is 2.75 bits per heavy atom. The SMILES string of the molecule is CCOC(=O)Cc1ccc(Cl)c(Oc2cc(C)cc(C#N)c2)c1F. The lowest BCUT2D eigenvalue weighted by Crippen LogP contribution is -2.09. The largest absolute Gasteiger partial charge is 0.466 e. The Balaban J connectivity index is 2.35. The predicted molar refractivity (Wildman–Crippen MR) is 87.7 cm³/mol. The molecular formula is C18H15ClFNO3. The molecule has 4 nitrogen and oxygen atoms in total. The number of esters is 1. The summed E-state index contributed by atoms with van der Waals surface area (Å²) in [6.07, 6.45) is -0.218. The maximum atomic E-state index is 14.6. The fourth-order valence-electron chi connectivity index (χ4n) is 2.16. The molecule has 0 atom stereocenters. The first-order valence-corrected chi connectivity index (χ1v) is 7.64. The molecule has 0 fully saturated rings. The van der Waals surface area contributed by atoms with Crippen molar-refractivity contribution < 1.29 is 18.7 Å². The minimum Gasteiger partial charge on any atom is -0.466 e. The number of carbonyl (C=O) groups excluding carboxylic acids is 1. The average Bonchev–Trinajstić information content (AvgIpc) is 2.54. The monoisotopic (exact) mass is 347 g/mol. The third kappa shape index (κ3) is 4.24. The van der Waals surface area contributed by atoms with Crippen LogP contribution in [-0.4, -0.2) is 12.6 Å². The van der Waals surface area contributed by atoms with Crippen LogP contribution in [0.15, 0.2) is 30.3 Å². The fraction of sp³-hybridized carbons (Fsp3) is 0.222. The Morgan fingerprint density at radius 2 is 2.08 bits per heavy atom. The second-order valence-electron chi connectivity index (χ2n) is 5.08. The molecule has 0 saturated carbocycles. The van der Waals surface area contributed by atoms with Crippen molar-refractivity contribution in [3.63, 3.8) is 0 Å². The molecule has 0 aliphatic heterocycles. The lowest BCUT2D eigenvalue weighted by atomic mass is 10.1. The van der Waals surface area contributed by atoms with Crippen LogP contribution in [0, 0.1) is 24.1 Å². The van der Waals surface area contributed by atoms with Gasteiger partial charge in [-0.2, -0.15) is 5.26 Å². The van der Waals surface area contributed by atoms with Gasteiger partial charge >= 0.3 is 5.97 Å². The van der Waals surface area contributed by atoms with Crippen LogP contribution in [0.5, 0.6) is 11.5 Å². The van der Waals surface area contributed by atoms with Gasteiger partial charge in [-0.3, -0.25) is 4.79 Å². The molecule has 0 aromatic heterocycles. The molecule has 124 valence electrons. The van der Waals surface area contributed by atoms with E-state index in [1.165, 1.54) is 18.2 Å². The number of rotatable bonds is 5. The zero-order chi connectivity index (χ0) is 17.7. The van der Waals surface area contributed by atoms with Gasteiger partial charge in [0, 0.05) is 5.56 Å². The quantitative estimate of drug-likeness (QED) is 0.744. The van der Waals surface area contributed by atoms with E-state index in [9.17, 15) is 9.18 Å².